The van der Waals surface area contributed by atoms with E-state index in [4.69, 9.17) is 4.74 Å². The Kier molecular flexibility index (Phi) is 7.41. The van der Waals surface area contributed by atoms with Crippen molar-refractivity contribution in [3.05, 3.63) is 29.3 Å². The predicted molar refractivity (Wildman–Crippen MR) is 111 cm³/mol. The van der Waals surface area contributed by atoms with Gasteiger partial charge in [-0.1, -0.05) is 12.1 Å². The topological polar surface area (TPSA) is 65.0 Å². The first-order chi connectivity index (χ1) is 16.8. The standard InChI is InChI=1S/C22H25F8N3O3/c23-19(24)11-1-2-12(15(7-11)33-3-5-36-6-4-33)8-32-9-13-14(10-32)17(20(34)35)31-16(13)18(21(25,26)27)22(28,29)30/h1-2,7,13-14,16-19,31H,3-6,8-10H2,(H,34,35). The first kappa shape index (κ1) is 26.9. The van der Waals surface area contributed by atoms with Gasteiger partial charge in [-0.3, -0.25) is 9.69 Å². The number of carbonyl (C=O) groups is 1. The van der Waals surface area contributed by atoms with Crippen molar-refractivity contribution in [3.8, 4) is 0 Å². The average molecular weight is 531 g/mol. The summed E-state index contributed by atoms with van der Waals surface area (Å²) in [7, 11) is 0. The summed E-state index contributed by atoms with van der Waals surface area (Å²) >= 11 is 0. The van der Waals surface area contributed by atoms with Gasteiger partial charge >= 0.3 is 18.3 Å². The molecule has 1 aromatic carbocycles. The molecule has 0 aromatic heterocycles. The van der Waals surface area contributed by atoms with Crippen molar-refractivity contribution in [3.63, 3.8) is 0 Å². The van der Waals surface area contributed by atoms with E-state index in [1.165, 1.54) is 18.2 Å². The van der Waals surface area contributed by atoms with Crippen LogP contribution in [0.25, 0.3) is 0 Å². The first-order valence-electron chi connectivity index (χ1n) is 11.4. The number of nitrogens with zero attached hydrogens (tertiary/aromatic N) is 2. The molecule has 0 saturated carbocycles. The van der Waals surface area contributed by atoms with Gasteiger partial charge in [0.1, 0.15) is 6.04 Å². The molecule has 0 bridgehead atoms. The number of likely N-dealkylation sites (tertiary alicyclic amines) is 1. The van der Waals surface area contributed by atoms with E-state index in [0.717, 1.165) is 0 Å². The van der Waals surface area contributed by atoms with Gasteiger partial charge in [-0.15, -0.1) is 0 Å². The van der Waals surface area contributed by atoms with E-state index in [1.807, 2.05) is 4.90 Å². The van der Waals surface area contributed by atoms with Crippen molar-refractivity contribution < 1.29 is 49.8 Å². The number of hydrogen-bond donors (Lipinski definition) is 2. The van der Waals surface area contributed by atoms with Gasteiger partial charge in [-0.2, -0.15) is 26.3 Å². The second-order valence-electron chi connectivity index (χ2n) is 9.38. The van der Waals surface area contributed by atoms with Gasteiger partial charge in [0.2, 0.25) is 0 Å². The highest BCUT2D eigenvalue weighted by Gasteiger charge is 2.66. The molecule has 0 aliphatic carbocycles. The molecule has 2 N–H and O–H groups in total. The van der Waals surface area contributed by atoms with E-state index >= 15 is 0 Å². The molecule has 3 fully saturated rings. The van der Waals surface area contributed by atoms with Gasteiger partial charge in [0, 0.05) is 55.9 Å². The molecule has 0 amide bonds. The number of halogens is 8. The van der Waals surface area contributed by atoms with E-state index in [-0.39, 0.29) is 25.2 Å². The summed E-state index contributed by atoms with van der Waals surface area (Å²) in [6.07, 6.45) is -14.0. The predicted octanol–water partition coefficient (Wildman–Crippen LogP) is 3.67. The maximum atomic E-state index is 13.5. The van der Waals surface area contributed by atoms with E-state index in [0.29, 0.717) is 37.6 Å². The Bertz CT molecular complexity index is 937. The third kappa shape index (κ3) is 5.40. The number of fused-ring (bicyclic) bond motifs is 1. The molecule has 36 heavy (non-hydrogen) atoms. The minimum Gasteiger partial charge on any atom is -0.480 e. The molecule has 202 valence electrons. The molecule has 3 aliphatic heterocycles. The smallest absolute Gasteiger partial charge is 0.402 e. The van der Waals surface area contributed by atoms with Gasteiger partial charge in [0.05, 0.1) is 13.2 Å². The molecule has 3 heterocycles. The van der Waals surface area contributed by atoms with Crippen LogP contribution in [0.2, 0.25) is 0 Å². The van der Waals surface area contributed by atoms with Gasteiger partial charge in [0.15, 0.2) is 5.92 Å². The summed E-state index contributed by atoms with van der Waals surface area (Å²) in [6, 6.07) is 0.307. The summed E-state index contributed by atoms with van der Waals surface area (Å²) in [5.41, 5.74) is 0.842. The van der Waals surface area contributed by atoms with Crippen molar-refractivity contribution in [1.29, 1.82) is 0 Å². The van der Waals surface area contributed by atoms with Crippen LogP contribution >= 0.6 is 0 Å². The second kappa shape index (κ2) is 9.93. The molecule has 6 nitrogen and oxygen atoms in total. The Labute approximate surface area is 201 Å². The number of ether oxygens (including phenoxy) is 1. The number of carboxylic acids is 1. The van der Waals surface area contributed by atoms with E-state index in [2.05, 4.69) is 5.32 Å². The van der Waals surface area contributed by atoms with Crippen LogP contribution in [0.4, 0.5) is 40.8 Å². The van der Waals surface area contributed by atoms with Crippen LogP contribution < -0.4 is 10.2 Å². The number of rotatable bonds is 6. The molecule has 4 rings (SSSR count). The van der Waals surface area contributed by atoms with Gasteiger partial charge in [-0.05, 0) is 17.5 Å². The van der Waals surface area contributed by atoms with Crippen LogP contribution in [0.15, 0.2) is 18.2 Å². The summed E-state index contributed by atoms with van der Waals surface area (Å²) in [5.74, 6) is -7.43. The number of aliphatic carboxylic acids is 1. The van der Waals surface area contributed by atoms with Crippen LogP contribution in [0, 0.1) is 17.8 Å². The first-order valence-corrected chi connectivity index (χ1v) is 11.4. The van der Waals surface area contributed by atoms with Crippen LogP contribution in [-0.4, -0.2) is 79.8 Å². The fraction of sp³-hybridized carbons (Fsp3) is 0.682. The number of benzene rings is 1. The highest BCUT2D eigenvalue weighted by Crippen LogP contribution is 2.49. The summed E-state index contributed by atoms with van der Waals surface area (Å²) < 4.78 is 113. The molecular formula is C22H25F8N3O3. The van der Waals surface area contributed by atoms with Crippen molar-refractivity contribution in [2.45, 2.75) is 37.4 Å². The fourth-order valence-electron chi connectivity index (χ4n) is 5.64. The zero-order chi connectivity index (χ0) is 26.4. The highest BCUT2D eigenvalue weighted by molar-refractivity contribution is 5.74. The lowest BCUT2D eigenvalue weighted by Crippen LogP contribution is -2.53. The lowest BCUT2D eigenvalue weighted by molar-refractivity contribution is -0.293. The molecule has 0 spiro atoms. The summed E-state index contributed by atoms with van der Waals surface area (Å²) in [4.78, 5) is 15.1. The third-order valence-corrected chi connectivity index (χ3v) is 7.19. The van der Waals surface area contributed by atoms with Crippen LogP contribution in [0.5, 0.6) is 0 Å². The Morgan fingerprint density at radius 1 is 1.06 bits per heavy atom. The van der Waals surface area contributed by atoms with Gasteiger partial charge < -0.3 is 20.1 Å². The normalized spacial score (nSPS) is 27.8. The van der Waals surface area contributed by atoms with Gasteiger partial charge in [0.25, 0.3) is 6.43 Å². The number of hydrogen-bond acceptors (Lipinski definition) is 5. The highest BCUT2D eigenvalue weighted by atomic mass is 19.4. The largest absolute Gasteiger partial charge is 0.480 e. The van der Waals surface area contributed by atoms with Crippen molar-refractivity contribution in [1.82, 2.24) is 10.2 Å². The minimum absolute atomic E-state index is 0.0489. The molecule has 3 saturated heterocycles. The number of carboxylic acid groups (broad SMARTS) is 1. The Morgan fingerprint density at radius 3 is 2.22 bits per heavy atom. The van der Waals surface area contributed by atoms with E-state index in [9.17, 15) is 45.0 Å². The summed E-state index contributed by atoms with van der Waals surface area (Å²) in [5, 5.41) is 11.6. The van der Waals surface area contributed by atoms with Gasteiger partial charge in [-0.25, -0.2) is 8.78 Å². The van der Waals surface area contributed by atoms with Crippen molar-refractivity contribution in [2.24, 2.45) is 17.8 Å². The second-order valence-corrected chi connectivity index (χ2v) is 9.38. The lowest BCUT2D eigenvalue weighted by atomic mass is 9.84. The van der Waals surface area contributed by atoms with E-state index < -0.39 is 54.6 Å². The number of nitrogens with one attached hydrogen (secondary N) is 1. The Hall–Kier alpha value is -2.19. The molecule has 1 aromatic rings. The van der Waals surface area contributed by atoms with Crippen molar-refractivity contribution >= 4 is 11.7 Å². The maximum absolute atomic E-state index is 13.5. The number of alkyl halides is 8. The van der Waals surface area contributed by atoms with Crippen molar-refractivity contribution in [2.75, 3.05) is 44.3 Å². The summed E-state index contributed by atoms with van der Waals surface area (Å²) in [6.45, 7) is 1.41. The molecule has 14 heteroatoms. The molecule has 4 atom stereocenters. The maximum Gasteiger partial charge on any atom is 0.402 e. The average Bonchev–Trinajstić information content (AvgIpc) is 3.32. The fourth-order valence-corrected chi connectivity index (χ4v) is 5.64. The SMILES string of the molecule is O=C(O)C1NC(C(C(F)(F)F)C(F)(F)F)C2CN(Cc3ccc(C(F)F)cc3N3CCOCC3)CC12. The molecule has 3 aliphatic rings. The van der Waals surface area contributed by atoms with E-state index in [1.54, 1.807) is 4.90 Å². The minimum atomic E-state index is -5.62. The molecule has 0 radical (unpaired) electrons. The zero-order valence-corrected chi connectivity index (χ0v) is 18.8. The number of anilines is 1. The van der Waals surface area contributed by atoms with Crippen LogP contribution in [-0.2, 0) is 16.1 Å². The Morgan fingerprint density at radius 2 is 1.67 bits per heavy atom. The molecular weight excluding hydrogens is 506 g/mol. The molecule has 4 unspecified atom stereocenters. The number of morpholine rings is 1. The quantitative estimate of drug-likeness (QED) is 0.547. The van der Waals surface area contributed by atoms with Crippen LogP contribution in [0.1, 0.15) is 17.6 Å². The zero-order valence-electron chi connectivity index (χ0n) is 18.8. The van der Waals surface area contributed by atoms with Crippen LogP contribution in [0.3, 0.4) is 0 Å². The monoisotopic (exact) mass is 531 g/mol. The lowest BCUT2D eigenvalue weighted by Gasteiger charge is -2.33. The third-order valence-electron chi connectivity index (χ3n) is 7.19. The Balaban J connectivity index is 1.60.